The van der Waals surface area contributed by atoms with E-state index >= 15 is 0 Å². The smallest absolute Gasteiger partial charge is 0.321 e. The average Bonchev–Trinajstić information content (AvgIpc) is 2.20. The Balaban J connectivity index is 0.000000280. The molecule has 0 radical (unpaired) electrons. The zero-order chi connectivity index (χ0) is 11.7. The van der Waals surface area contributed by atoms with E-state index < -0.39 is 12.0 Å². The van der Waals surface area contributed by atoms with E-state index in [0.29, 0.717) is 0 Å². The van der Waals surface area contributed by atoms with Gasteiger partial charge < -0.3 is 5.11 Å². The van der Waals surface area contributed by atoms with Crippen molar-refractivity contribution in [2.45, 2.75) is 13.0 Å². The minimum Gasteiger partial charge on any atom is -0.480 e. The zero-order valence-corrected chi connectivity index (χ0v) is 9.34. The Morgan fingerprint density at radius 2 is 1.47 bits per heavy atom. The van der Waals surface area contributed by atoms with Crippen molar-refractivity contribution in [2.24, 2.45) is 0 Å². The number of carboxylic acid groups (broad SMARTS) is 1. The fourth-order valence-corrected chi connectivity index (χ4v) is 0.827. The Morgan fingerprint density at radius 3 is 1.60 bits per heavy atom. The second kappa shape index (κ2) is 7.96. The van der Waals surface area contributed by atoms with Crippen molar-refractivity contribution in [1.29, 1.82) is 0 Å². The zero-order valence-electron chi connectivity index (χ0n) is 9.34. The molecule has 2 N–H and O–H groups in total. The molecule has 0 saturated carbocycles. The van der Waals surface area contributed by atoms with Crippen LogP contribution in [-0.4, -0.2) is 36.2 Å². The highest BCUT2D eigenvalue weighted by atomic mass is 16.4. The topological polar surface area (TPSA) is 52.6 Å². The Kier molecular flexibility index (Phi) is 7.23. The molecule has 0 amide bonds. The maximum absolute atomic E-state index is 10.1. The normalized spacial score (nSPS) is 11.5. The summed E-state index contributed by atoms with van der Waals surface area (Å²) in [7, 11) is 3.50. The molecule has 1 aromatic carbocycles. The molecule has 15 heavy (non-hydrogen) atoms. The van der Waals surface area contributed by atoms with Crippen LogP contribution in [0.5, 0.6) is 0 Å². The van der Waals surface area contributed by atoms with Crippen molar-refractivity contribution < 1.29 is 9.90 Å². The predicted octanol–water partition coefficient (Wildman–Crippen LogP) is 1.21. The molecule has 84 valence electrons. The van der Waals surface area contributed by atoms with E-state index in [-0.39, 0.29) is 0 Å². The number of nitrogens with zero attached hydrogens (tertiary/aromatic N) is 1. The molecule has 1 unspecified atom stereocenters. The van der Waals surface area contributed by atoms with Gasteiger partial charge in [-0.2, -0.15) is 0 Å². The first-order chi connectivity index (χ1) is 7.04. The van der Waals surface area contributed by atoms with Crippen LogP contribution < -0.4 is 5.43 Å². The van der Waals surface area contributed by atoms with Crippen LogP contribution in [0.15, 0.2) is 36.4 Å². The number of nitrogens with one attached hydrogen (secondary N) is 1. The largest absolute Gasteiger partial charge is 0.480 e. The number of hydrogen-bond acceptors (Lipinski definition) is 3. The molecular weight excluding hydrogens is 192 g/mol. The molecule has 0 bridgehead atoms. The Morgan fingerprint density at radius 1 is 1.13 bits per heavy atom. The molecular formula is C11H18N2O2. The first-order valence-electron chi connectivity index (χ1n) is 4.70. The number of benzene rings is 1. The lowest BCUT2D eigenvalue weighted by Gasteiger charge is -2.14. The summed E-state index contributed by atoms with van der Waals surface area (Å²) in [5.74, 6) is -0.844. The molecule has 0 spiro atoms. The van der Waals surface area contributed by atoms with Gasteiger partial charge in [0, 0.05) is 14.1 Å². The summed E-state index contributed by atoms with van der Waals surface area (Å²) in [6.07, 6.45) is 0. The molecule has 0 aliphatic rings. The van der Waals surface area contributed by atoms with Crippen LogP contribution in [0.3, 0.4) is 0 Å². The van der Waals surface area contributed by atoms with Gasteiger partial charge in [0.1, 0.15) is 6.04 Å². The van der Waals surface area contributed by atoms with Gasteiger partial charge in [0.2, 0.25) is 0 Å². The second-order valence-corrected chi connectivity index (χ2v) is 3.24. The van der Waals surface area contributed by atoms with E-state index in [2.05, 4.69) is 5.43 Å². The summed E-state index contributed by atoms with van der Waals surface area (Å²) >= 11 is 0. The fourth-order valence-electron chi connectivity index (χ4n) is 0.827. The van der Waals surface area contributed by atoms with Gasteiger partial charge in [-0.3, -0.25) is 4.79 Å². The first-order valence-corrected chi connectivity index (χ1v) is 4.70. The van der Waals surface area contributed by atoms with Crippen LogP contribution in [0, 0.1) is 0 Å². The number of hydrazine groups is 1. The molecule has 0 aliphatic heterocycles. The van der Waals surface area contributed by atoms with Gasteiger partial charge in [-0.25, -0.2) is 10.4 Å². The molecule has 1 aromatic rings. The minimum absolute atomic E-state index is 0.514. The molecule has 0 fully saturated rings. The standard InChI is InChI=1S/C6H6.C5H12N2O2/c1-2-4-6-5-3-1;1-4(5(8)9)6-7(2)3/h1-6H;4,6H,1-3H3,(H,8,9). The van der Waals surface area contributed by atoms with Crippen LogP contribution in [-0.2, 0) is 4.79 Å². The SMILES string of the molecule is CC(NN(C)C)C(=O)O.c1ccccc1. The van der Waals surface area contributed by atoms with E-state index in [1.807, 2.05) is 36.4 Å². The number of rotatable bonds is 3. The Labute approximate surface area is 90.5 Å². The molecule has 0 heterocycles. The Hall–Kier alpha value is -1.39. The van der Waals surface area contributed by atoms with E-state index in [4.69, 9.17) is 5.11 Å². The summed E-state index contributed by atoms with van der Waals surface area (Å²) in [6, 6.07) is 11.5. The summed E-state index contributed by atoms with van der Waals surface area (Å²) in [5.41, 5.74) is 2.68. The van der Waals surface area contributed by atoms with Gasteiger partial charge in [0.15, 0.2) is 0 Å². The van der Waals surface area contributed by atoms with Crippen LogP contribution in [0.2, 0.25) is 0 Å². The monoisotopic (exact) mass is 210 g/mol. The van der Waals surface area contributed by atoms with Crippen molar-refractivity contribution in [3.63, 3.8) is 0 Å². The number of carbonyl (C=O) groups is 1. The summed E-state index contributed by atoms with van der Waals surface area (Å²) in [5, 5.41) is 9.95. The van der Waals surface area contributed by atoms with Gasteiger partial charge >= 0.3 is 5.97 Å². The molecule has 4 nitrogen and oxygen atoms in total. The van der Waals surface area contributed by atoms with Crippen molar-refractivity contribution >= 4 is 5.97 Å². The van der Waals surface area contributed by atoms with Crippen molar-refractivity contribution in [2.75, 3.05) is 14.1 Å². The molecule has 1 atom stereocenters. The average molecular weight is 210 g/mol. The van der Waals surface area contributed by atoms with Crippen molar-refractivity contribution in [3.8, 4) is 0 Å². The lowest BCUT2D eigenvalue weighted by Crippen LogP contribution is -2.42. The summed E-state index contributed by atoms with van der Waals surface area (Å²) < 4.78 is 0. The van der Waals surface area contributed by atoms with Gasteiger partial charge in [-0.1, -0.05) is 36.4 Å². The lowest BCUT2D eigenvalue weighted by molar-refractivity contribution is -0.140. The van der Waals surface area contributed by atoms with E-state index in [1.165, 1.54) is 0 Å². The van der Waals surface area contributed by atoms with Crippen LogP contribution >= 0.6 is 0 Å². The van der Waals surface area contributed by atoms with Crippen molar-refractivity contribution in [1.82, 2.24) is 10.4 Å². The molecule has 4 heteroatoms. The summed E-state index contributed by atoms with van der Waals surface area (Å²) in [4.78, 5) is 10.1. The maximum atomic E-state index is 10.1. The highest BCUT2D eigenvalue weighted by Crippen LogP contribution is 1.80. The lowest BCUT2D eigenvalue weighted by atomic mass is 10.4. The minimum atomic E-state index is -0.844. The number of carboxylic acids is 1. The van der Waals surface area contributed by atoms with Gasteiger partial charge in [0.25, 0.3) is 0 Å². The predicted molar refractivity (Wildman–Crippen MR) is 60.4 cm³/mol. The van der Waals surface area contributed by atoms with E-state index in [1.54, 1.807) is 26.0 Å². The highest BCUT2D eigenvalue weighted by Gasteiger charge is 2.09. The summed E-state index contributed by atoms with van der Waals surface area (Å²) in [6.45, 7) is 1.59. The van der Waals surface area contributed by atoms with Gasteiger partial charge in [-0.05, 0) is 6.92 Å². The molecule has 1 rings (SSSR count). The third kappa shape index (κ3) is 8.93. The molecule has 0 aromatic heterocycles. The Bertz CT molecular complexity index is 236. The highest BCUT2D eigenvalue weighted by molar-refractivity contribution is 5.72. The van der Waals surface area contributed by atoms with E-state index in [9.17, 15) is 4.79 Å². The number of hydrogen-bond donors (Lipinski definition) is 2. The van der Waals surface area contributed by atoms with Crippen LogP contribution in [0.1, 0.15) is 6.92 Å². The molecule has 0 saturated heterocycles. The van der Waals surface area contributed by atoms with Gasteiger partial charge in [-0.15, -0.1) is 0 Å². The van der Waals surface area contributed by atoms with Crippen LogP contribution in [0.25, 0.3) is 0 Å². The second-order valence-electron chi connectivity index (χ2n) is 3.24. The quantitative estimate of drug-likeness (QED) is 0.736. The maximum Gasteiger partial charge on any atom is 0.321 e. The number of aliphatic carboxylic acids is 1. The first kappa shape index (κ1) is 13.6. The van der Waals surface area contributed by atoms with Gasteiger partial charge in [0.05, 0.1) is 0 Å². The fraction of sp³-hybridized carbons (Fsp3) is 0.364. The third-order valence-corrected chi connectivity index (χ3v) is 1.49. The van der Waals surface area contributed by atoms with Crippen LogP contribution in [0.4, 0.5) is 0 Å². The molecule has 0 aliphatic carbocycles. The third-order valence-electron chi connectivity index (χ3n) is 1.49. The van der Waals surface area contributed by atoms with E-state index in [0.717, 1.165) is 0 Å². The van der Waals surface area contributed by atoms with Crippen molar-refractivity contribution in [3.05, 3.63) is 36.4 Å².